The Balaban J connectivity index is 1.82. The number of phenolic OH excluding ortho intramolecular Hbond substituents is 1. The van der Waals surface area contributed by atoms with Crippen LogP contribution in [0.1, 0.15) is 13.3 Å². The molecular weight excluding hydrogens is 405 g/mol. The van der Waals surface area contributed by atoms with E-state index in [1.807, 2.05) is 11.0 Å². The molecule has 30 heavy (non-hydrogen) atoms. The Morgan fingerprint density at radius 2 is 2.03 bits per heavy atom. The fraction of sp³-hybridized carbons (Fsp3) is 0.217. The predicted molar refractivity (Wildman–Crippen MR) is 116 cm³/mol. The summed E-state index contributed by atoms with van der Waals surface area (Å²) in [5, 5.41) is 13.6. The van der Waals surface area contributed by atoms with Gasteiger partial charge >= 0.3 is 0 Å². The van der Waals surface area contributed by atoms with E-state index in [0.29, 0.717) is 40.8 Å². The zero-order valence-corrected chi connectivity index (χ0v) is 17.2. The van der Waals surface area contributed by atoms with Crippen molar-refractivity contribution in [2.75, 3.05) is 18.0 Å². The van der Waals surface area contributed by atoms with Crippen molar-refractivity contribution in [2.45, 2.75) is 19.4 Å². The average molecular weight is 426 g/mol. The summed E-state index contributed by atoms with van der Waals surface area (Å²) in [6.07, 6.45) is 0.790. The summed E-state index contributed by atoms with van der Waals surface area (Å²) >= 11 is 6.32. The van der Waals surface area contributed by atoms with Gasteiger partial charge < -0.3 is 15.3 Å². The number of nitrogens with zero attached hydrogens (tertiary/aromatic N) is 2. The Kier molecular flexibility index (Phi) is 5.59. The van der Waals surface area contributed by atoms with Gasteiger partial charge in [0.05, 0.1) is 10.7 Å². The first kappa shape index (κ1) is 20.2. The number of phenols is 1. The van der Waals surface area contributed by atoms with Gasteiger partial charge in [0.2, 0.25) is 5.91 Å². The lowest BCUT2D eigenvalue weighted by Gasteiger charge is -2.20. The number of pyridine rings is 1. The van der Waals surface area contributed by atoms with Gasteiger partial charge in [-0.05, 0) is 48.4 Å². The minimum Gasteiger partial charge on any atom is -0.507 e. The Bertz CT molecular complexity index is 1090. The molecule has 0 aliphatic carbocycles. The lowest BCUT2D eigenvalue weighted by molar-refractivity contribution is -0.119. The molecule has 1 amide bonds. The minimum absolute atomic E-state index is 0.0265. The molecule has 0 saturated carbocycles. The number of carbonyl (C=O) groups excluding carboxylic acids is 1. The number of benzene rings is 2. The number of amides is 1. The molecule has 1 aromatic heterocycles. The van der Waals surface area contributed by atoms with Gasteiger partial charge in [-0.15, -0.1) is 0 Å². The normalized spacial score (nSPS) is 16.0. The van der Waals surface area contributed by atoms with Gasteiger partial charge in [-0.25, -0.2) is 9.37 Å². The molecule has 154 valence electrons. The number of anilines is 1. The Hall–Kier alpha value is -3.12. The van der Waals surface area contributed by atoms with Crippen molar-refractivity contribution < 1.29 is 14.3 Å². The van der Waals surface area contributed by atoms with Crippen LogP contribution in [0, 0.1) is 5.82 Å². The third-order valence-electron chi connectivity index (χ3n) is 5.16. The second-order valence-corrected chi connectivity index (χ2v) is 7.75. The summed E-state index contributed by atoms with van der Waals surface area (Å²) in [7, 11) is 0. The molecule has 0 bridgehead atoms. The molecule has 2 heterocycles. The van der Waals surface area contributed by atoms with E-state index in [1.54, 1.807) is 42.5 Å². The van der Waals surface area contributed by atoms with Crippen LogP contribution in [-0.2, 0) is 4.79 Å². The van der Waals surface area contributed by atoms with Crippen LogP contribution in [-0.4, -0.2) is 35.1 Å². The number of nitrogens with one attached hydrogen (secondary N) is 1. The van der Waals surface area contributed by atoms with E-state index in [4.69, 9.17) is 16.6 Å². The highest BCUT2D eigenvalue weighted by molar-refractivity contribution is 6.33. The van der Waals surface area contributed by atoms with Crippen molar-refractivity contribution in [1.82, 2.24) is 10.3 Å². The van der Waals surface area contributed by atoms with Crippen molar-refractivity contribution in [3.05, 3.63) is 65.4 Å². The summed E-state index contributed by atoms with van der Waals surface area (Å²) in [5.74, 6) is 0.222. The molecule has 1 unspecified atom stereocenters. The smallest absolute Gasteiger partial charge is 0.217 e. The van der Waals surface area contributed by atoms with E-state index >= 15 is 0 Å². The fourth-order valence-corrected chi connectivity index (χ4v) is 4.07. The molecule has 2 aromatic carbocycles. The molecule has 5 nitrogen and oxygen atoms in total. The Labute approximate surface area is 179 Å². The molecule has 0 radical (unpaired) electrons. The molecule has 0 spiro atoms. The van der Waals surface area contributed by atoms with Crippen LogP contribution in [0.15, 0.2) is 54.6 Å². The number of rotatable bonds is 4. The lowest BCUT2D eigenvalue weighted by Crippen LogP contribution is -2.35. The maximum atomic E-state index is 14.6. The van der Waals surface area contributed by atoms with Crippen LogP contribution in [0.25, 0.3) is 22.4 Å². The molecule has 7 heteroatoms. The number of halogens is 2. The molecule has 2 N–H and O–H groups in total. The van der Waals surface area contributed by atoms with Gasteiger partial charge in [0, 0.05) is 37.2 Å². The number of hydrogen-bond donors (Lipinski definition) is 2. The first-order chi connectivity index (χ1) is 14.4. The van der Waals surface area contributed by atoms with Crippen LogP contribution >= 0.6 is 11.6 Å². The summed E-state index contributed by atoms with van der Waals surface area (Å²) in [6.45, 7) is 2.80. The standard InChI is InChI=1S/C23H21ClFN3O2/c1-14(29)26-16-9-10-28(13-16)22-12-15(23-18(24)6-4-7-19(23)25)11-20(27-22)17-5-2-3-8-21(17)30/h2-8,11-12,16,30H,9-10,13H2,1H3,(H,26,29). The van der Waals surface area contributed by atoms with E-state index in [0.717, 1.165) is 6.42 Å². The Morgan fingerprint density at radius 3 is 2.77 bits per heavy atom. The van der Waals surface area contributed by atoms with E-state index in [-0.39, 0.29) is 23.3 Å². The van der Waals surface area contributed by atoms with Gasteiger partial charge in [-0.2, -0.15) is 0 Å². The second kappa shape index (κ2) is 8.32. The van der Waals surface area contributed by atoms with E-state index in [2.05, 4.69) is 5.32 Å². The molecule has 1 fully saturated rings. The van der Waals surface area contributed by atoms with Gasteiger partial charge in [-0.1, -0.05) is 29.8 Å². The highest BCUT2D eigenvalue weighted by atomic mass is 35.5. The molecule has 1 atom stereocenters. The van der Waals surface area contributed by atoms with Crippen molar-refractivity contribution >= 4 is 23.3 Å². The van der Waals surface area contributed by atoms with E-state index in [1.165, 1.54) is 13.0 Å². The van der Waals surface area contributed by atoms with Crippen LogP contribution in [0.5, 0.6) is 5.75 Å². The molecular formula is C23H21ClFN3O2. The van der Waals surface area contributed by atoms with Gasteiger partial charge in [0.25, 0.3) is 0 Å². The third-order valence-corrected chi connectivity index (χ3v) is 5.48. The number of carbonyl (C=O) groups is 1. The van der Waals surface area contributed by atoms with Crippen molar-refractivity contribution in [1.29, 1.82) is 0 Å². The lowest BCUT2D eigenvalue weighted by atomic mass is 10.0. The molecule has 1 saturated heterocycles. The van der Waals surface area contributed by atoms with E-state index < -0.39 is 5.82 Å². The van der Waals surface area contributed by atoms with Crippen LogP contribution in [0.2, 0.25) is 5.02 Å². The topological polar surface area (TPSA) is 65.5 Å². The highest BCUT2D eigenvalue weighted by Gasteiger charge is 2.25. The molecule has 1 aliphatic rings. The Morgan fingerprint density at radius 1 is 1.23 bits per heavy atom. The molecule has 1 aliphatic heterocycles. The maximum absolute atomic E-state index is 14.6. The van der Waals surface area contributed by atoms with Crippen molar-refractivity contribution in [3.8, 4) is 28.1 Å². The first-order valence-electron chi connectivity index (χ1n) is 9.69. The van der Waals surface area contributed by atoms with Crippen molar-refractivity contribution in [2.24, 2.45) is 0 Å². The number of aromatic nitrogens is 1. The first-order valence-corrected chi connectivity index (χ1v) is 10.1. The second-order valence-electron chi connectivity index (χ2n) is 7.35. The monoisotopic (exact) mass is 425 g/mol. The SMILES string of the molecule is CC(=O)NC1CCN(c2cc(-c3c(F)cccc3Cl)cc(-c3ccccc3O)n2)C1. The van der Waals surface area contributed by atoms with E-state index in [9.17, 15) is 14.3 Å². The summed E-state index contributed by atoms with van der Waals surface area (Å²) in [5.41, 5.74) is 1.93. The number of aromatic hydroxyl groups is 1. The summed E-state index contributed by atoms with van der Waals surface area (Å²) in [6, 6.07) is 15.0. The third kappa shape index (κ3) is 4.09. The van der Waals surface area contributed by atoms with Crippen molar-refractivity contribution in [3.63, 3.8) is 0 Å². The van der Waals surface area contributed by atoms with Gasteiger partial charge in [0.1, 0.15) is 17.4 Å². The maximum Gasteiger partial charge on any atom is 0.217 e. The average Bonchev–Trinajstić information content (AvgIpc) is 3.16. The molecule has 3 aromatic rings. The summed E-state index contributed by atoms with van der Waals surface area (Å²) < 4.78 is 14.6. The zero-order chi connectivity index (χ0) is 21.3. The van der Waals surface area contributed by atoms with Crippen LogP contribution in [0.4, 0.5) is 10.2 Å². The summed E-state index contributed by atoms with van der Waals surface area (Å²) in [4.78, 5) is 18.2. The predicted octanol–water partition coefficient (Wildman–Crippen LogP) is 4.63. The van der Waals surface area contributed by atoms with Crippen LogP contribution in [0.3, 0.4) is 0 Å². The largest absolute Gasteiger partial charge is 0.507 e. The molecule has 4 rings (SSSR count). The van der Waals surface area contributed by atoms with Crippen LogP contribution < -0.4 is 10.2 Å². The van der Waals surface area contributed by atoms with Gasteiger partial charge in [0.15, 0.2) is 0 Å². The van der Waals surface area contributed by atoms with Gasteiger partial charge in [-0.3, -0.25) is 4.79 Å². The fourth-order valence-electron chi connectivity index (χ4n) is 3.80. The minimum atomic E-state index is -0.430. The number of hydrogen-bond acceptors (Lipinski definition) is 4. The number of para-hydroxylation sites is 1. The highest BCUT2D eigenvalue weighted by Crippen LogP contribution is 2.37. The zero-order valence-electron chi connectivity index (χ0n) is 16.4. The quantitative estimate of drug-likeness (QED) is 0.639.